The Morgan fingerprint density at radius 1 is 0.862 bits per heavy atom. The second kappa shape index (κ2) is 6.78. The Kier molecular flexibility index (Phi) is 4.09. The summed E-state index contributed by atoms with van der Waals surface area (Å²) in [6.07, 6.45) is 2.33. The Balaban J connectivity index is 1.79. The minimum Gasteiger partial charge on any atom is -0.463 e. The number of furan rings is 1. The van der Waals surface area contributed by atoms with E-state index in [4.69, 9.17) is 8.83 Å². The molecule has 0 aliphatic carbocycles. The summed E-state index contributed by atoms with van der Waals surface area (Å²) in [5.41, 5.74) is 6.91. The third-order valence-electron chi connectivity index (χ3n) is 5.59. The van der Waals surface area contributed by atoms with E-state index in [-0.39, 0.29) is 5.63 Å². The minimum absolute atomic E-state index is 0.285. The average molecular weight is 380 g/mol. The maximum atomic E-state index is 12.7. The van der Waals surface area contributed by atoms with Crippen molar-refractivity contribution in [2.24, 2.45) is 0 Å². The van der Waals surface area contributed by atoms with Crippen molar-refractivity contribution in [1.29, 1.82) is 0 Å². The molecule has 3 nitrogen and oxygen atoms in total. The summed E-state index contributed by atoms with van der Waals surface area (Å²) in [5.74, 6) is 0. The predicted octanol–water partition coefficient (Wildman–Crippen LogP) is 6.41. The molecule has 0 saturated heterocycles. The number of fused-ring (bicyclic) bond motifs is 3. The Bertz CT molecular complexity index is 1390. The van der Waals surface area contributed by atoms with Crippen molar-refractivity contribution in [3.8, 4) is 11.1 Å². The van der Waals surface area contributed by atoms with Crippen LogP contribution < -0.4 is 5.63 Å². The molecule has 0 amide bonds. The molecule has 0 unspecified atom stereocenters. The first-order chi connectivity index (χ1) is 14.1. The summed E-state index contributed by atoms with van der Waals surface area (Å²) >= 11 is 0. The van der Waals surface area contributed by atoms with Crippen molar-refractivity contribution in [2.45, 2.75) is 20.3 Å². The summed E-state index contributed by atoms with van der Waals surface area (Å²) in [7, 11) is 0. The van der Waals surface area contributed by atoms with Crippen molar-refractivity contribution in [3.63, 3.8) is 0 Å². The fraction of sp³-hybridized carbons (Fsp3) is 0.115. The van der Waals surface area contributed by atoms with Crippen LogP contribution in [0.2, 0.25) is 0 Å². The highest BCUT2D eigenvalue weighted by atomic mass is 16.4. The molecule has 0 atom stereocenters. The molecule has 0 saturated carbocycles. The smallest absolute Gasteiger partial charge is 0.340 e. The molecular formula is C26H20O3. The fourth-order valence-electron chi connectivity index (χ4n) is 4.12. The van der Waals surface area contributed by atoms with Crippen LogP contribution in [0, 0.1) is 13.8 Å². The van der Waals surface area contributed by atoms with Crippen LogP contribution in [0.1, 0.15) is 22.3 Å². The van der Waals surface area contributed by atoms with E-state index >= 15 is 0 Å². The van der Waals surface area contributed by atoms with Crippen molar-refractivity contribution in [2.75, 3.05) is 0 Å². The van der Waals surface area contributed by atoms with Gasteiger partial charge in [-0.05, 0) is 42.2 Å². The van der Waals surface area contributed by atoms with E-state index in [1.807, 2.05) is 68.4 Å². The number of hydrogen-bond acceptors (Lipinski definition) is 3. The Hall–Kier alpha value is -3.59. The van der Waals surface area contributed by atoms with Crippen LogP contribution in [0.3, 0.4) is 0 Å². The van der Waals surface area contributed by atoms with E-state index in [0.717, 1.165) is 44.2 Å². The molecular weight excluding hydrogens is 360 g/mol. The van der Waals surface area contributed by atoms with Gasteiger partial charge in [0.1, 0.15) is 11.2 Å². The number of aryl methyl sites for hydroxylation is 2. The zero-order valence-electron chi connectivity index (χ0n) is 16.4. The maximum Gasteiger partial charge on any atom is 0.340 e. The van der Waals surface area contributed by atoms with E-state index < -0.39 is 0 Å². The van der Waals surface area contributed by atoms with Gasteiger partial charge in [-0.2, -0.15) is 0 Å². The van der Waals surface area contributed by atoms with Gasteiger partial charge in [-0.15, -0.1) is 0 Å². The molecule has 0 fully saturated rings. The highest BCUT2D eigenvalue weighted by Gasteiger charge is 2.20. The lowest BCUT2D eigenvalue weighted by Gasteiger charge is -2.10. The summed E-state index contributed by atoms with van der Waals surface area (Å²) in [6, 6.07) is 22.1. The number of rotatable bonds is 3. The summed E-state index contributed by atoms with van der Waals surface area (Å²) in [6.45, 7) is 4.01. The van der Waals surface area contributed by atoms with Crippen molar-refractivity contribution in [3.05, 3.63) is 106 Å². The summed E-state index contributed by atoms with van der Waals surface area (Å²) in [5, 5.41) is 1.93. The molecule has 0 N–H and O–H groups in total. The van der Waals surface area contributed by atoms with Gasteiger partial charge in [0.2, 0.25) is 0 Å². The van der Waals surface area contributed by atoms with Gasteiger partial charge in [0.15, 0.2) is 0 Å². The van der Waals surface area contributed by atoms with Gasteiger partial charge >= 0.3 is 5.63 Å². The predicted molar refractivity (Wildman–Crippen MR) is 116 cm³/mol. The Morgan fingerprint density at radius 2 is 1.55 bits per heavy atom. The summed E-state index contributed by atoms with van der Waals surface area (Å²) in [4.78, 5) is 12.7. The standard InChI is InChI=1S/C26H20O3/c1-16-13-22-24(25-23(16)21(15-28-25)19-11-7-4-8-12-19)17(2)20(26(27)29-22)14-18-9-5-3-6-10-18/h3-13,15H,14H2,1-2H3. The third kappa shape index (κ3) is 2.87. The van der Waals surface area contributed by atoms with Crippen LogP contribution in [-0.2, 0) is 6.42 Å². The molecule has 3 aromatic carbocycles. The Labute approximate surface area is 168 Å². The van der Waals surface area contributed by atoms with Crippen LogP contribution in [0.5, 0.6) is 0 Å². The normalized spacial score (nSPS) is 11.4. The molecule has 2 aromatic heterocycles. The van der Waals surface area contributed by atoms with Crippen LogP contribution in [0.25, 0.3) is 33.1 Å². The zero-order valence-corrected chi connectivity index (χ0v) is 16.4. The average Bonchev–Trinajstić information content (AvgIpc) is 3.18. The molecule has 5 rings (SSSR count). The lowest BCUT2D eigenvalue weighted by Crippen LogP contribution is -2.11. The minimum atomic E-state index is -0.285. The van der Waals surface area contributed by atoms with E-state index in [1.54, 1.807) is 6.26 Å². The van der Waals surface area contributed by atoms with Gasteiger partial charge in [0.05, 0.1) is 11.6 Å². The first-order valence-electron chi connectivity index (χ1n) is 9.70. The molecule has 2 heterocycles. The van der Waals surface area contributed by atoms with E-state index in [2.05, 4.69) is 12.1 Å². The molecule has 0 aliphatic heterocycles. The van der Waals surface area contributed by atoms with E-state index in [0.29, 0.717) is 17.6 Å². The largest absolute Gasteiger partial charge is 0.463 e. The highest BCUT2D eigenvalue weighted by Crippen LogP contribution is 2.38. The molecule has 3 heteroatoms. The Morgan fingerprint density at radius 3 is 2.28 bits per heavy atom. The quantitative estimate of drug-likeness (QED) is 0.340. The summed E-state index contributed by atoms with van der Waals surface area (Å²) < 4.78 is 11.8. The molecule has 0 bridgehead atoms. The first-order valence-corrected chi connectivity index (χ1v) is 9.70. The fourth-order valence-corrected chi connectivity index (χ4v) is 4.12. The SMILES string of the molecule is Cc1cc2oc(=O)c(Cc3ccccc3)c(C)c2c2occ(-c3ccccc3)c12. The maximum absolute atomic E-state index is 12.7. The van der Waals surface area contributed by atoms with Crippen LogP contribution >= 0.6 is 0 Å². The van der Waals surface area contributed by atoms with Crippen LogP contribution in [0.15, 0.2) is 86.6 Å². The molecule has 29 heavy (non-hydrogen) atoms. The molecule has 0 radical (unpaired) electrons. The van der Waals surface area contributed by atoms with E-state index in [9.17, 15) is 4.79 Å². The zero-order chi connectivity index (χ0) is 20.0. The molecule has 142 valence electrons. The first kappa shape index (κ1) is 17.5. The van der Waals surface area contributed by atoms with Crippen LogP contribution in [0.4, 0.5) is 0 Å². The molecule has 0 aliphatic rings. The topological polar surface area (TPSA) is 43.4 Å². The highest BCUT2D eigenvalue weighted by molar-refractivity contribution is 6.10. The van der Waals surface area contributed by atoms with Crippen LogP contribution in [-0.4, -0.2) is 0 Å². The lowest BCUT2D eigenvalue weighted by molar-refractivity contribution is 0.549. The van der Waals surface area contributed by atoms with Gasteiger partial charge in [-0.3, -0.25) is 0 Å². The number of hydrogen-bond donors (Lipinski definition) is 0. The van der Waals surface area contributed by atoms with Crippen molar-refractivity contribution in [1.82, 2.24) is 0 Å². The second-order valence-electron chi connectivity index (χ2n) is 7.44. The van der Waals surface area contributed by atoms with Crippen molar-refractivity contribution < 1.29 is 8.83 Å². The van der Waals surface area contributed by atoms with Crippen molar-refractivity contribution >= 4 is 21.9 Å². The lowest BCUT2D eigenvalue weighted by atomic mass is 9.95. The second-order valence-corrected chi connectivity index (χ2v) is 7.44. The molecule has 5 aromatic rings. The van der Waals surface area contributed by atoms with Gasteiger partial charge < -0.3 is 8.83 Å². The van der Waals surface area contributed by atoms with E-state index in [1.165, 1.54) is 0 Å². The van der Waals surface area contributed by atoms with Gasteiger partial charge in [-0.1, -0.05) is 60.7 Å². The van der Waals surface area contributed by atoms with Gasteiger partial charge in [0.25, 0.3) is 0 Å². The van der Waals surface area contributed by atoms with Gasteiger partial charge in [-0.25, -0.2) is 4.79 Å². The molecule has 0 spiro atoms. The number of benzene rings is 3. The monoisotopic (exact) mass is 380 g/mol. The van der Waals surface area contributed by atoms with Gasteiger partial charge in [0, 0.05) is 22.9 Å². The third-order valence-corrected chi connectivity index (χ3v) is 5.59.